The Bertz CT molecular complexity index is 1080. The molecule has 0 saturated carbocycles. The summed E-state index contributed by atoms with van der Waals surface area (Å²) in [4.78, 5) is 14.1. The molecule has 1 aliphatic rings. The molecule has 1 saturated heterocycles. The molecule has 1 aliphatic heterocycles. The standard InChI is InChI=1S/C27H29NO5/c1-31-24-15-14-20(17-25(24)32-2)26(28-16-8-12-22(28)27(29)30)21-11-6-7-13-23(21)33-18-19-9-4-3-5-10-19/h3-7,9-11,13-15,17,22,26H,8,12,16,18H2,1-2H3,(H,29,30). The van der Waals surface area contributed by atoms with Gasteiger partial charge in [0.25, 0.3) is 0 Å². The molecule has 0 aliphatic carbocycles. The summed E-state index contributed by atoms with van der Waals surface area (Å²) in [5, 5.41) is 9.91. The smallest absolute Gasteiger partial charge is 0.320 e. The first-order chi connectivity index (χ1) is 16.1. The van der Waals surface area contributed by atoms with Crippen molar-refractivity contribution in [2.75, 3.05) is 20.8 Å². The van der Waals surface area contributed by atoms with Crippen molar-refractivity contribution in [3.05, 3.63) is 89.5 Å². The van der Waals surface area contributed by atoms with E-state index < -0.39 is 12.0 Å². The molecule has 1 heterocycles. The molecule has 172 valence electrons. The summed E-state index contributed by atoms with van der Waals surface area (Å²) in [5.41, 5.74) is 2.92. The first-order valence-electron chi connectivity index (χ1n) is 11.1. The Kier molecular flexibility index (Phi) is 7.15. The average Bonchev–Trinajstić information content (AvgIpc) is 3.34. The van der Waals surface area contributed by atoms with Crippen molar-refractivity contribution in [3.63, 3.8) is 0 Å². The summed E-state index contributed by atoms with van der Waals surface area (Å²) in [6, 6.07) is 22.7. The maximum Gasteiger partial charge on any atom is 0.320 e. The van der Waals surface area contributed by atoms with Crippen LogP contribution in [-0.2, 0) is 11.4 Å². The fraction of sp³-hybridized carbons (Fsp3) is 0.296. The van der Waals surface area contributed by atoms with Crippen LogP contribution >= 0.6 is 0 Å². The quantitative estimate of drug-likeness (QED) is 0.502. The largest absolute Gasteiger partial charge is 0.493 e. The fourth-order valence-electron chi connectivity index (χ4n) is 4.51. The molecule has 4 rings (SSSR count). The van der Waals surface area contributed by atoms with Gasteiger partial charge in [-0.15, -0.1) is 0 Å². The zero-order valence-corrected chi connectivity index (χ0v) is 18.9. The van der Waals surface area contributed by atoms with E-state index in [0.29, 0.717) is 31.1 Å². The molecule has 0 amide bonds. The summed E-state index contributed by atoms with van der Waals surface area (Å²) >= 11 is 0. The monoisotopic (exact) mass is 447 g/mol. The van der Waals surface area contributed by atoms with E-state index in [1.807, 2.05) is 77.7 Å². The number of rotatable bonds is 9. The van der Waals surface area contributed by atoms with E-state index in [0.717, 1.165) is 28.9 Å². The Labute approximate surface area is 194 Å². The molecule has 33 heavy (non-hydrogen) atoms. The number of methoxy groups -OCH3 is 2. The van der Waals surface area contributed by atoms with Crippen molar-refractivity contribution in [2.45, 2.75) is 31.5 Å². The molecule has 3 aromatic carbocycles. The first-order valence-corrected chi connectivity index (χ1v) is 11.1. The highest BCUT2D eigenvalue weighted by Gasteiger charge is 2.38. The highest BCUT2D eigenvalue weighted by Crippen LogP contribution is 2.41. The van der Waals surface area contributed by atoms with Crippen molar-refractivity contribution in [1.29, 1.82) is 0 Å². The van der Waals surface area contributed by atoms with Gasteiger partial charge in [0.2, 0.25) is 0 Å². The number of hydrogen-bond donors (Lipinski definition) is 1. The summed E-state index contributed by atoms with van der Waals surface area (Å²) in [7, 11) is 3.20. The normalized spacial score (nSPS) is 16.8. The molecule has 6 nitrogen and oxygen atoms in total. The molecule has 6 heteroatoms. The number of nitrogens with zero attached hydrogens (tertiary/aromatic N) is 1. The Balaban J connectivity index is 1.77. The second kappa shape index (κ2) is 10.4. The Morgan fingerprint density at radius 2 is 1.70 bits per heavy atom. The molecule has 2 atom stereocenters. The summed E-state index contributed by atoms with van der Waals surface area (Å²) < 4.78 is 17.2. The fourth-order valence-corrected chi connectivity index (χ4v) is 4.51. The molecule has 0 spiro atoms. The highest BCUT2D eigenvalue weighted by atomic mass is 16.5. The van der Waals surface area contributed by atoms with Crippen LogP contribution in [0.5, 0.6) is 17.2 Å². The van der Waals surface area contributed by atoms with Crippen LogP contribution < -0.4 is 14.2 Å². The van der Waals surface area contributed by atoms with Crippen LogP contribution in [0.25, 0.3) is 0 Å². The average molecular weight is 448 g/mol. The molecule has 0 aromatic heterocycles. The summed E-state index contributed by atoms with van der Waals surface area (Å²) in [5.74, 6) is 1.16. The molecule has 0 radical (unpaired) electrons. The lowest BCUT2D eigenvalue weighted by Gasteiger charge is -2.33. The summed E-state index contributed by atoms with van der Waals surface area (Å²) in [6.07, 6.45) is 1.44. The maximum absolute atomic E-state index is 12.1. The van der Waals surface area contributed by atoms with E-state index in [1.165, 1.54) is 0 Å². The van der Waals surface area contributed by atoms with Crippen molar-refractivity contribution in [1.82, 2.24) is 4.90 Å². The van der Waals surface area contributed by atoms with Crippen molar-refractivity contribution in [3.8, 4) is 17.2 Å². The predicted octanol–water partition coefficient (Wildman–Crippen LogP) is 4.92. The van der Waals surface area contributed by atoms with E-state index in [4.69, 9.17) is 14.2 Å². The van der Waals surface area contributed by atoms with Gasteiger partial charge in [-0.2, -0.15) is 0 Å². The van der Waals surface area contributed by atoms with Gasteiger partial charge in [-0.25, -0.2) is 0 Å². The predicted molar refractivity (Wildman–Crippen MR) is 126 cm³/mol. The first kappa shape index (κ1) is 22.7. The van der Waals surface area contributed by atoms with Gasteiger partial charge in [-0.1, -0.05) is 54.6 Å². The van der Waals surface area contributed by atoms with Crippen molar-refractivity contribution < 1.29 is 24.1 Å². The van der Waals surface area contributed by atoms with Crippen LogP contribution in [0, 0.1) is 0 Å². The number of likely N-dealkylation sites (tertiary alicyclic amines) is 1. The van der Waals surface area contributed by atoms with Gasteiger partial charge in [0, 0.05) is 12.1 Å². The number of para-hydroxylation sites is 1. The van der Waals surface area contributed by atoms with E-state index in [2.05, 4.69) is 0 Å². The van der Waals surface area contributed by atoms with Crippen LogP contribution in [0.4, 0.5) is 0 Å². The van der Waals surface area contributed by atoms with Gasteiger partial charge >= 0.3 is 5.97 Å². The van der Waals surface area contributed by atoms with Gasteiger partial charge < -0.3 is 19.3 Å². The second-order valence-electron chi connectivity index (χ2n) is 8.06. The number of benzene rings is 3. The minimum Gasteiger partial charge on any atom is -0.493 e. The zero-order valence-electron chi connectivity index (χ0n) is 18.9. The summed E-state index contributed by atoms with van der Waals surface area (Å²) in [6.45, 7) is 1.11. The Hall–Kier alpha value is -3.51. The zero-order chi connectivity index (χ0) is 23.2. The lowest BCUT2D eigenvalue weighted by Crippen LogP contribution is -2.39. The molecule has 0 bridgehead atoms. The lowest BCUT2D eigenvalue weighted by molar-refractivity contribution is -0.142. The van der Waals surface area contributed by atoms with Crippen LogP contribution in [-0.4, -0.2) is 42.8 Å². The van der Waals surface area contributed by atoms with Gasteiger partial charge in [0.1, 0.15) is 18.4 Å². The second-order valence-corrected chi connectivity index (χ2v) is 8.06. The van der Waals surface area contributed by atoms with E-state index in [1.54, 1.807) is 14.2 Å². The third-order valence-electron chi connectivity index (χ3n) is 6.09. The third kappa shape index (κ3) is 4.96. The van der Waals surface area contributed by atoms with Crippen LogP contribution in [0.1, 0.15) is 35.6 Å². The number of aliphatic carboxylic acids is 1. The number of carboxylic acid groups (broad SMARTS) is 1. The van der Waals surface area contributed by atoms with Crippen molar-refractivity contribution in [2.24, 2.45) is 0 Å². The molecule has 1 fully saturated rings. The number of ether oxygens (including phenoxy) is 3. The van der Waals surface area contributed by atoms with Gasteiger partial charge in [0.15, 0.2) is 11.5 Å². The van der Waals surface area contributed by atoms with Crippen molar-refractivity contribution >= 4 is 5.97 Å². The maximum atomic E-state index is 12.1. The van der Waals surface area contributed by atoms with Crippen LogP contribution in [0.2, 0.25) is 0 Å². The molecular weight excluding hydrogens is 418 g/mol. The van der Waals surface area contributed by atoms with Crippen LogP contribution in [0.15, 0.2) is 72.8 Å². The van der Waals surface area contributed by atoms with E-state index >= 15 is 0 Å². The number of hydrogen-bond acceptors (Lipinski definition) is 5. The highest BCUT2D eigenvalue weighted by molar-refractivity contribution is 5.74. The Morgan fingerprint density at radius 1 is 0.970 bits per heavy atom. The molecular formula is C27H29NO5. The van der Waals surface area contributed by atoms with E-state index in [-0.39, 0.29) is 6.04 Å². The lowest BCUT2D eigenvalue weighted by atomic mass is 9.95. The van der Waals surface area contributed by atoms with Gasteiger partial charge in [-0.05, 0) is 42.2 Å². The number of carbonyl (C=O) groups is 1. The molecule has 3 aromatic rings. The minimum atomic E-state index is -0.805. The van der Waals surface area contributed by atoms with Gasteiger partial charge in [0.05, 0.1) is 20.3 Å². The molecule has 2 unspecified atom stereocenters. The van der Waals surface area contributed by atoms with Gasteiger partial charge in [-0.3, -0.25) is 9.69 Å². The minimum absolute atomic E-state index is 0.305. The van der Waals surface area contributed by atoms with Crippen LogP contribution in [0.3, 0.4) is 0 Å². The molecule has 1 N–H and O–H groups in total. The van der Waals surface area contributed by atoms with E-state index in [9.17, 15) is 9.90 Å². The number of carboxylic acids is 1. The SMILES string of the molecule is COc1ccc(C(c2ccccc2OCc2ccccc2)N2CCCC2C(=O)O)cc1OC. The topological polar surface area (TPSA) is 68.2 Å². The third-order valence-corrected chi connectivity index (χ3v) is 6.09. The Morgan fingerprint density at radius 3 is 2.42 bits per heavy atom.